The monoisotopic (exact) mass is 301 g/mol. The van der Waals surface area contributed by atoms with Crippen LogP contribution in [-0.2, 0) is 0 Å². The zero-order chi connectivity index (χ0) is 15.4. The van der Waals surface area contributed by atoms with E-state index < -0.39 is 6.10 Å². The Hall–Kier alpha value is -1.98. The quantitative estimate of drug-likeness (QED) is 0.938. The van der Waals surface area contributed by atoms with Gasteiger partial charge in [-0.25, -0.2) is 9.37 Å². The number of aliphatic hydroxyl groups is 1. The third-order valence-electron chi connectivity index (χ3n) is 4.03. The average molecular weight is 301 g/mol. The molecule has 1 aromatic heterocycles. The van der Waals surface area contributed by atoms with Crippen LogP contribution in [0.15, 0.2) is 48.7 Å². The van der Waals surface area contributed by atoms with Crippen LogP contribution in [0.5, 0.6) is 0 Å². The van der Waals surface area contributed by atoms with Crippen LogP contribution in [0.2, 0.25) is 0 Å². The second-order valence-corrected chi connectivity index (χ2v) is 5.54. The lowest BCUT2D eigenvalue weighted by atomic mass is 10.1. The van der Waals surface area contributed by atoms with E-state index in [1.807, 2.05) is 18.2 Å². The maximum atomic E-state index is 12.9. The maximum Gasteiger partial charge on any atom is 0.128 e. The van der Waals surface area contributed by atoms with E-state index in [0.717, 1.165) is 37.6 Å². The summed E-state index contributed by atoms with van der Waals surface area (Å²) >= 11 is 0. The third kappa shape index (κ3) is 3.61. The van der Waals surface area contributed by atoms with Crippen molar-refractivity contribution in [1.29, 1.82) is 0 Å². The van der Waals surface area contributed by atoms with Crippen LogP contribution in [0.25, 0.3) is 0 Å². The molecule has 1 saturated heterocycles. The van der Waals surface area contributed by atoms with Crippen molar-refractivity contribution in [3.05, 3.63) is 60.0 Å². The number of β-amino-alcohol motifs (C(OH)–C–C–N with tert-alkyl or cyclic N) is 1. The Kier molecular flexibility index (Phi) is 4.65. The minimum Gasteiger partial charge on any atom is -0.387 e. The van der Waals surface area contributed by atoms with Crippen LogP contribution in [-0.4, -0.2) is 47.7 Å². The normalized spacial score (nSPS) is 17.5. The van der Waals surface area contributed by atoms with E-state index in [9.17, 15) is 9.50 Å². The molecule has 0 unspecified atom stereocenters. The number of hydrogen-bond acceptors (Lipinski definition) is 4. The molecule has 1 fully saturated rings. The second-order valence-electron chi connectivity index (χ2n) is 5.54. The van der Waals surface area contributed by atoms with Crippen LogP contribution < -0.4 is 4.90 Å². The molecular formula is C17H20FN3O. The molecule has 2 heterocycles. The predicted molar refractivity (Wildman–Crippen MR) is 84.2 cm³/mol. The van der Waals surface area contributed by atoms with Crippen LogP contribution in [0.4, 0.5) is 10.2 Å². The number of rotatable bonds is 4. The molecule has 3 rings (SSSR count). The number of aromatic nitrogens is 1. The average Bonchev–Trinajstić information content (AvgIpc) is 2.57. The Morgan fingerprint density at radius 3 is 2.41 bits per heavy atom. The Morgan fingerprint density at radius 2 is 1.77 bits per heavy atom. The Bertz CT molecular complexity index is 583. The SMILES string of the molecule is O[C@@H](CN1CCN(c2ccccn2)CC1)c1ccc(F)cc1. The lowest BCUT2D eigenvalue weighted by Gasteiger charge is -2.36. The number of hydrogen-bond donors (Lipinski definition) is 1. The highest BCUT2D eigenvalue weighted by atomic mass is 19.1. The van der Waals surface area contributed by atoms with Crippen LogP contribution >= 0.6 is 0 Å². The molecule has 1 aromatic carbocycles. The molecule has 1 aliphatic heterocycles. The van der Waals surface area contributed by atoms with Crippen molar-refractivity contribution >= 4 is 5.82 Å². The van der Waals surface area contributed by atoms with Gasteiger partial charge < -0.3 is 10.0 Å². The molecule has 2 aromatic rings. The molecule has 1 atom stereocenters. The molecule has 0 bridgehead atoms. The van der Waals surface area contributed by atoms with Crippen molar-refractivity contribution in [3.8, 4) is 0 Å². The van der Waals surface area contributed by atoms with Crippen molar-refractivity contribution in [3.63, 3.8) is 0 Å². The molecule has 1 aliphatic rings. The van der Waals surface area contributed by atoms with Crippen molar-refractivity contribution in [2.75, 3.05) is 37.6 Å². The molecule has 0 radical (unpaired) electrons. The summed E-state index contributed by atoms with van der Waals surface area (Å²) in [6.07, 6.45) is 1.22. The molecule has 4 nitrogen and oxygen atoms in total. The van der Waals surface area contributed by atoms with Gasteiger partial charge in [-0.15, -0.1) is 0 Å². The Balaban J connectivity index is 1.52. The lowest BCUT2D eigenvalue weighted by Crippen LogP contribution is -2.47. The van der Waals surface area contributed by atoms with Crippen LogP contribution in [0.3, 0.4) is 0 Å². The highest BCUT2D eigenvalue weighted by Gasteiger charge is 2.20. The van der Waals surface area contributed by atoms with E-state index in [2.05, 4.69) is 14.8 Å². The number of benzene rings is 1. The first-order chi connectivity index (χ1) is 10.7. The summed E-state index contributed by atoms with van der Waals surface area (Å²) in [5.74, 6) is 0.723. The molecule has 1 N–H and O–H groups in total. The van der Waals surface area contributed by atoms with Crippen molar-refractivity contribution in [2.45, 2.75) is 6.10 Å². The number of nitrogens with zero attached hydrogens (tertiary/aromatic N) is 3. The first-order valence-corrected chi connectivity index (χ1v) is 7.54. The molecule has 0 aliphatic carbocycles. The molecule has 5 heteroatoms. The van der Waals surface area contributed by atoms with Gasteiger partial charge in [-0.1, -0.05) is 18.2 Å². The highest BCUT2D eigenvalue weighted by molar-refractivity contribution is 5.38. The highest BCUT2D eigenvalue weighted by Crippen LogP contribution is 2.17. The fourth-order valence-electron chi connectivity index (χ4n) is 2.74. The minimum atomic E-state index is -0.581. The second kappa shape index (κ2) is 6.85. The van der Waals surface area contributed by atoms with Gasteiger partial charge in [0.1, 0.15) is 11.6 Å². The van der Waals surface area contributed by atoms with E-state index in [0.29, 0.717) is 6.54 Å². The largest absolute Gasteiger partial charge is 0.387 e. The number of pyridine rings is 1. The fourth-order valence-corrected chi connectivity index (χ4v) is 2.74. The molecule has 22 heavy (non-hydrogen) atoms. The topological polar surface area (TPSA) is 39.6 Å². The summed E-state index contributed by atoms with van der Waals surface area (Å²) in [5.41, 5.74) is 0.758. The summed E-state index contributed by atoms with van der Waals surface area (Å²) in [7, 11) is 0. The number of aliphatic hydroxyl groups excluding tert-OH is 1. The number of piperazine rings is 1. The van der Waals surface area contributed by atoms with E-state index >= 15 is 0 Å². The summed E-state index contributed by atoms with van der Waals surface area (Å²) < 4.78 is 12.9. The van der Waals surface area contributed by atoms with Gasteiger partial charge in [0.2, 0.25) is 0 Å². The van der Waals surface area contributed by atoms with Gasteiger partial charge in [-0.2, -0.15) is 0 Å². The zero-order valence-corrected chi connectivity index (χ0v) is 12.4. The van der Waals surface area contributed by atoms with Gasteiger partial charge in [0.25, 0.3) is 0 Å². The molecule has 0 amide bonds. The van der Waals surface area contributed by atoms with Crippen molar-refractivity contribution < 1.29 is 9.50 Å². The van der Waals surface area contributed by atoms with Crippen LogP contribution in [0.1, 0.15) is 11.7 Å². The summed E-state index contributed by atoms with van der Waals surface area (Å²) in [6.45, 7) is 4.13. The van der Waals surface area contributed by atoms with E-state index in [4.69, 9.17) is 0 Å². The van der Waals surface area contributed by atoms with Gasteiger partial charge in [-0.05, 0) is 29.8 Å². The maximum absolute atomic E-state index is 12.9. The van der Waals surface area contributed by atoms with Crippen molar-refractivity contribution in [1.82, 2.24) is 9.88 Å². The van der Waals surface area contributed by atoms with E-state index in [1.165, 1.54) is 12.1 Å². The molecule has 0 spiro atoms. The summed E-state index contributed by atoms with van der Waals surface area (Å²) in [4.78, 5) is 8.85. The van der Waals surface area contributed by atoms with Gasteiger partial charge in [0, 0.05) is 38.9 Å². The lowest BCUT2D eigenvalue weighted by molar-refractivity contribution is 0.109. The number of anilines is 1. The zero-order valence-electron chi connectivity index (χ0n) is 12.4. The first kappa shape index (κ1) is 14.9. The van der Waals surface area contributed by atoms with E-state index in [-0.39, 0.29) is 5.82 Å². The van der Waals surface area contributed by atoms with Gasteiger partial charge in [0.05, 0.1) is 6.10 Å². The van der Waals surface area contributed by atoms with Crippen molar-refractivity contribution in [2.24, 2.45) is 0 Å². The van der Waals surface area contributed by atoms with Gasteiger partial charge in [-0.3, -0.25) is 4.90 Å². The van der Waals surface area contributed by atoms with Gasteiger partial charge >= 0.3 is 0 Å². The van der Waals surface area contributed by atoms with E-state index in [1.54, 1.807) is 18.3 Å². The standard InChI is InChI=1S/C17H20FN3O/c18-15-6-4-14(5-7-15)16(22)13-20-9-11-21(12-10-20)17-3-1-2-8-19-17/h1-8,16,22H,9-13H2/t16-/m0/s1. The first-order valence-electron chi connectivity index (χ1n) is 7.54. The smallest absolute Gasteiger partial charge is 0.128 e. The molecular weight excluding hydrogens is 281 g/mol. The Morgan fingerprint density at radius 1 is 1.05 bits per heavy atom. The Labute approximate surface area is 129 Å². The molecule has 0 saturated carbocycles. The summed E-state index contributed by atoms with van der Waals surface area (Å²) in [5, 5.41) is 10.3. The van der Waals surface area contributed by atoms with Gasteiger partial charge in [0.15, 0.2) is 0 Å². The summed E-state index contributed by atoms with van der Waals surface area (Å²) in [6, 6.07) is 12.0. The van der Waals surface area contributed by atoms with Crippen LogP contribution in [0, 0.1) is 5.82 Å². The minimum absolute atomic E-state index is 0.278. The molecule has 116 valence electrons. The third-order valence-corrected chi connectivity index (χ3v) is 4.03. The number of halogens is 1. The predicted octanol–water partition coefficient (Wildman–Crippen LogP) is 2.08. The fraction of sp³-hybridized carbons (Fsp3) is 0.353.